The van der Waals surface area contributed by atoms with Gasteiger partial charge in [0.2, 0.25) is 0 Å². The molecular formula is C12H11ClN2. The first-order valence-corrected chi connectivity index (χ1v) is 5.02. The van der Waals surface area contributed by atoms with Gasteiger partial charge in [0, 0.05) is 34.2 Å². The van der Waals surface area contributed by atoms with E-state index in [1.165, 1.54) is 0 Å². The molecule has 0 saturated carbocycles. The third kappa shape index (κ3) is 1.95. The summed E-state index contributed by atoms with van der Waals surface area (Å²) in [6.07, 6.45) is 3.56. The van der Waals surface area contributed by atoms with Crippen LogP contribution in [-0.2, 0) is 0 Å². The number of hydrogen-bond donors (Lipinski definition) is 1. The Morgan fingerprint density at radius 2 is 2.00 bits per heavy atom. The molecule has 0 amide bonds. The lowest BCUT2D eigenvalue weighted by atomic mass is 10.0. The number of halogens is 1. The Morgan fingerprint density at radius 1 is 1.20 bits per heavy atom. The Kier molecular flexibility index (Phi) is 2.60. The summed E-state index contributed by atoms with van der Waals surface area (Å²) in [5, 5.41) is 0.695. The number of nitrogens with two attached hydrogens (primary N) is 1. The van der Waals surface area contributed by atoms with Crippen molar-refractivity contribution < 1.29 is 0 Å². The average molecular weight is 219 g/mol. The second-order valence-corrected chi connectivity index (χ2v) is 3.84. The van der Waals surface area contributed by atoms with E-state index in [1.807, 2.05) is 19.1 Å². The molecule has 3 heteroatoms. The van der Waals surface area contributed by atoms with Gasteiger partial charge in [-0.2, -0.15) is 0 Å². The number of nitrogen functional groups attached to an aromatic ring is 1. The van der Waals surface area contributed by atoms with Gasteiger partial charge in [-0.1, -0.05) is 11.6 Å². The molecule has 1 aromatic carbocycles. The van der Waals surface area contributed by atoms with Crippen molar-refractivity contribution in [2.45, 2.75) is 6.92 Å². The number of anilines is 1. The average Bonchev–Trinajstić information content (AvgIpc) is 2.23. The molecule has 1 heterocycles. The molecule has 0 aliphatic carbocycles. The van der Waals surface area contributed by atoms with Crippen LogP contribution >= 0.6 is 11.6 Å². The van der Waals surface area contributed by atoms with E-state index in [-0.39, 0.29) is 0 Å². The van der Waals surface area contributed by atoms with Gasteiger partial charge < -0.3 is 5.73 Å². The smallest absolute Gasteiger partial charge is 0.0486 e. The maximum absolute atomic E-state index is 6.12. The van der Waals surface area contributed by atoms with Crippen LogP contribution in [0.3, 0.4) is 0 Å². The zero-order valence-electron chi connectivity index (χ0n) is 8.37. The lowest BCUT2D eigenvalue weighted by Gasteiger charge is -2.07. The molecule has 0 unspecified atom stereocenters. The van der Waals surface area contributed by atoms with Crippen LogP contribution in [0.15, 0.2) is 36.7 Å². The molecule has 1 aromatic heterocycles. The SMILES string of the molecule is Cc1ccncc1-c1cc(N)ccc1Cl. The molecule has 15 heavy (non-hydrogen) atoms. The Balaban J connectivity index is 2.64. The van der Waals surface area contributed by atoms with E-state index in [0.29, 0.717) is 10.7 Å². The fourth-order valence-corrected chi connectivity index (χ4v) is 1.71. The van der Waals surface area contributed by atoms with Crippen molar-refractivity contribution in [3.8, 4) is 11.1 Å². The summed E-state index contributed by atoms with van der Waals surface area (Å²) in [6.45, 7) is 2.02. The molecule has 0 spiro atoms. The van der Waals surface area contributed by atoms with Gasteiger partial charge in [0.1, 0.15) is 0 Å². The van der Waals surface area contributed by atoms with Gasteiger partial charge in [0.25, 0.3) is 0 Å². The minimum Gasteiger partial charge on any atom is -0.399 e. The van der Waals surface area contributed by atoms with Gasteiger partial charge in [-0.05, 0) is 36.8 Å². The molecule has 2 N–H and O–H groups in total. The minimum atomic E-state index is 0.695. The van der Waals surface area contributed by atoms with E-state index >= 15 is 0 Å². The summed E-state index contributed by atoms with van der Waals surface area (Å²) < 4.78 is 0. The van der Waals surface area contributed by atoms with Crippen molar-refractivity contribution >= 4 is 17.3 Å². The van der Waals surface area contributed by atoms with Crippen LogP contribution in [0.25, 0.3) is 11.1 Å². The third-order valence-electron chi connectivity index (χ3n) is 2.32. The van der Waals surface area contributed by atoms with E-state index in [9.17, 15) is 0 Å². The Bertz CT molecular complexity index is 495. The molecule has 2 aromatic rings. The van der Waals surface area contributed by atoms with E-state index in [0.717, 1.165) is 16.7 Å². The molecule has 0 saturated heterocycles. The molecule has 0 aliphatic heterocycles. The van der Waals surface area contributed by atoms with Crippen LogP contribution in [0.4, 0.5) is 5.69 Å². The molecule has 76 valence electrons. The topological polar surface area (TPSA) is 38.9 Å². The molecule has 2 rings (SSSR count). The van der Waals surface area contributed by atoms with Gasteiger partial charge in [0.05, 0.1) is 0 Å². The summed E-state index contributed by atoms with van der Waals surface area (Å²) in [5.41, 5.74) is 9.53. The quantitative estimate of drug-likeness (QED) is 0.746. The van der Waals surface area contributed by atoms with E-state index in [2.05, 4.69) is 4.98 Å². The van der Waals surface area contributed by atoms with Crippen molar-refractivity contribution in [2.24, 2.45) is 0 Å². The van der Waals surface area contributed by atoms with Crippen molar-refractivity contribution in [2.75, 3.05) is 5.73 Å². The van der Waals surface area contributed by atoms with Crippen molar-refractivity contribution in [3.05, 3.63) is 47.2 Å². The maximum Gasteiger partial charge on any atom is 0.0486 e. The first kappa shape index (κ1) is 9.99. The number of pyridine rings is 1. The highest BCUT2D eigenvalue weighted by atomic mass is 35.5. The van der Waals surface area contributed by atoms with Crippen LogP contribution in [0.1, 0.15) is 5.56 Å². The Morgan fingerprint density at radius 3 is 2.73 bits per heavy atom. The molecule has 0 aliphatic rings. The predicted octanol–water partition coefficient (Wildman–Crippen LogP) is 3.29. The number of nitrogens with zero attached hydrogens (tertiary/aromatic N) is 1. The van der Waals surface area contributed by atoms with Crippen molar-refractivity contribution in [3.63, 3.8) is 0 Å². The minimum absolute atomic E-state index is 0.695. The highest BCUT2D eigenvalue weighted by Crippen LogP contribution is 2.31. The van der Waals surface area contributed by atoms with Gasteiger partial charge >= 0.3 is 0 Å². The largest absolute Gasteiger partial charge is 0.399 e. The number of benzene rings is 1. The first-order chi connectivity index (χ1) is 7.18. The van der Waals surface area contributed by atoms with E-state index in [4.69, 9.17) is 17.3 Å². The third-order valence-corrected chi connectivity index (χ3v) is 2.65. The summed E-state index contributed by atoms with van der Waals surface area (Å²) in [6, 6.07) is 7.41. The highest BCUT2D eigenvalue weighted by molar-refractivity contribution is 6.33. The number of aryl methyl sites for hydroxylation is 1. The van der Waals surface area contributed by atoms with Gasteiger partial charge in [-0.25, -0.2) is 0 Å². The molecule has 0 fully saturated rings. The van der Waals surface area contributed by atoms with Crippen molar-refractivity contribution in [1.82, 2.24) is 4.98 Å². The Labute approximate surface area is 93.7 Å². The first-order valence-electron chi connectivity index (χ1n) is 4.64. The van der Waals surface area contributed by atoms with Gasteiger partial charge in [-0.3, -0.25) is 4.98 Å². The summed E-state index contributed by atoms with van der Waals surface area (Å²) in [7, 11) is 0. The predicted molar refractivity (Wildman–Crippen MR) is 63.8 cm³/mol. The Hall–Kier alpha value is -1.54. The second kappa shape index (κ2) is 3.91. The summed E-state index contributed by atoms with van der Waals surface area (Å²) >= 11 is 6.12. The zero-order chi connectivity index (χ0) is 10.8. The van der Waals surface area contributed by atoms with Crippen LogP contribution in [-0.4, -0.2) is 4.98 Å². The molecule has 0 bridgehead atoms. The summed E-state index contributed by atoms with van der Waals surface area (Å²) in [5.74, 6) is 0. The fourth-order valence-electron chi connectivity index (χ4n) is 1.50. The second-order valence-electron chi connectivity index (χ2n) is 3.43. The van der Waals surface area contributed by atoms with E-state index in [1.54, 1.807) is 24.5 Å². The van der Waals surface area contributed by atoms with Crippen LogP contribution in [0.2, 0.25) is 5.02 Å². The van der Waals surface area contributed by atoms with E-state index < -0.39 is 0 Å². The van der Waals surface area contributed by atoms with Crippen LogP contribution in [0.5, 0.6) is 0 Å². The van der Waals surface area contributed by atoms with Crippen LogP contribution < -0.4 is 5.73 Å². The number of rotatable bonds is 1. The normalized spacial score (nSPS) is 10.3. The lowest BCUT2D eigenvalue weighted by molar-refractivity contribution is 1.29. The maximum atomic E-state index is 6.12. The number of hydrogen-bond acceptors (Lipinski definition) is 2. The van der Waals surface area contributed by atoms with Gasteiger partial charge in [0.15, 0.2) is 0 Å². The molecule has 0 radical (unpaired) electrons. The molecule has 2 nitrogen and oxygen atoms in total. The monoisotopic (exact) mass is 218 g/mol. The van der Waals surface area contributed by atoms with Gasteiger partial charge in [-0.15, -0.1) is 0 Å². The fraction of sp³-hybridized carbons (Fsp3) is 0.0833. The van der Waals surface area contributed by atoms with Crippen molar-refractivity contribution in [1.29, 1.82) is 0 Å². The number of aromatic nitrogens is 1. The summed E-state index contributed by atoms with van der Waals surface area (Å²) in [4.78, 5) is 4.09. The standard InChI is InChI=1S/C12H11ClN2/c1-8-4-5-15-7-11(8)10-6-9(14)2-3-12(10)13/h2-7H,14H2,1H3. The van der Waals surface area contributed by atoms with Crippen LogP contribution in [0, 0.1) is 6.92 Å². The molecule has 0 atom stereocenters. The zero-order valence-corrected chi connectivity index (χ0v) is 9.12. The molecular weight excluding hydrogens is 208 g/mol. The lowest BCUT2D eigenvalue weighted by Crippen LogP contribution is -1.89. The highest BCUT2D eigenvalue weighted by Gasteiger charge is 2.06.